The first-order chi connectivity index (χ1) is 8.08. The van der Waals surface area contributed by atoms with E-state index in [9.17, 15) is 14.3 Å². The highest BCUT2D eigenvalue weighted by atomic mass is 19.1. The second kappa shape index (κ2) is 4.71. The zero-order chi connectivity index (χ0) is 12.4. The molecule has 1 aliphatic rings. The summed E-state index contributed by atoms with van der Waals surface area (Å²) in [4.78, 5) is 11.6. The number of hydrogen-bond donors (Lipinski definition) is 3. The van der Waals surface area contributed by atoms with Gasteiger partial charge in [-0.15, -0.1) is 0 Å². The molecule has 1 atom stereocenters. The molecule has 1 unspecified atom stereocenters. The maximum Gasteiger partial charge on any atom is 0.254 e. The number of phenols is 1. The van der Waals surface area contributed by atoms with Crippen LogP contribution in [0.5, 0.6) is 5.75 Å². The van der Waals surface area contributed by atoms with E-state index < -0.39 is 17.8 Å². The van der Waals surface area contributed by atoms with Crippen molar-refractivity contribution in [2.45, 2.75) is 18.9 Å². The molecule has 2 rings (SSSR count). The predicted octanol–water partition coefficient (Wildman–Crippen LogP) is 1.03. The molecule has 0 radical (unpaired) electrons. The van der Waals surface area contributed by atoms with Gasteiger partial charge in [-0.2, -0.15) is 0 Å². The summed E-state index contributed by atoms with van der Waals surface area (Å²) in [5.74, 6) is -1.32. The molecule has 0 aromatic heterocycles. The van der Waals surface area contributed by atoms with Crippen molar-refractivity contribution in [2.24, 2.45) is 5.92 Å². The number of aromatic hydroxyl groups is 1. The Morgan fingerprint density at radius 1 is 1.53 bits per heavy atom. The maximum absolute atomic E-state index is 13.3. The summed E-state index contributed by atoms with van der Waals surface area (Å²) in [6.07, 6.45) is 1.40. The number of amides is 1. The van der Waals surface area contributed by atoms with Gasteiger partial charge < -0.3 is 15.5 Å². The van der Waals surface area contributed by atoms with Crippen LogP contribution >= 0.6 is 0 Å². The summed E-state index contributed by atoms with van der Waals surface area (Å²) in [6.45, 7) is 0.129. The average molecular weight is 239 g/mol. The largest absolute Gasteiger partial charge is 0.508 e. The van der Waals surface area contributed by atoms with Gasteiger partial charge >= 0.3 is 0 Å². The number of aliphatic hydroxyl groups is 1. The van der Waals surface area contributed by atoms with Crippen molar-refractivity contribution in [3.63, 3.8) is 0 Å². The van der Waals surface area contributed by atoms with E-state index in [0.29, 0.717) is 0 Å². The molecule has 1 fully saturated rings. The molecule has 0 aliphatic heterocycles. The average Bonchev–Trinajstić information content (AvgIpc) is 3.09. The van der Waals surface area contributed by atoms with E-state index in [1.165, 1.54) is 12.1 Å². The summed E-state index contributed by atoms with van der Waals surface area (Å²) in [5, 5.41) is 21.0. The van der Waals surface area contributed by atoms with E-state index in [2.05, 4.69) is 5.32 Å². The van der Waals surface area contributed by atoms with Gasteiger partial charge in [0.05, 0.1) is 11.7 Å². The molecule has 0 saturated heterocycles. The zero-order valence-electron chi connectivity index (χ0n) is 9.19. The van der Waals surface area contributed by atoms with Crippen LogP contribution in [0.25, 0.3) is 0 Å². The SMILES string of the molecule is O=C(NCC(O)C1CC1)c1ccc(O)cc1F. The van der Waals surface area contributed by atoms with Crippen LogP contribution in [0.2, 0.25) is 0 Å². The van der Waals surface area contributed by atoms with Gasteiger partial charge in [-0.05, 0) is 30.9 Å². The number of halogens is 1. The van der Waals surface area contributed by atoms with Gasteiger partial charge in [-0.1, -0.05) is 0 Å². The van der Waals surface area contributed by atoms with Gasteiger partial charge in [-0.25, -0.2) is 4.39 Å². The van der Waals surface area contributed by atoms with Crippen LogP contribution in [0.15, 0.2) is 18.2 Å². The number of carbonyl (C=O) groups excluding carboxylic acids is 1. The molecule has 92 valence electrons. The molecule has 3 N–H and O–H groups in total. The second-order valence-corrected chi connectivity index (χ2v) is 4.28. The van der Waals surface area contributed by atoms with Crippen molar-refractivity contribution in [3.05, 3.63) is 29.6 Å². The highest BCUT2D eigenvalue weighted by Crippen LogP contribution is 2.32. The molecule has 1 amide bonds. The van der Waals surface area contributed by atoms with Crippen LogP contribution in [0.1, 0.15) is 23.2 Å². The molecule has 4 nitrogen and oxygen atoms in total. The van der Waals surface area contributed by atoms with E-state index in [0.717, 1.165) is 18.9 Å². The zero-order valence-corrected chi connectivity index (χ0v) is 9.19. The quantitative estimate of drug-likeness (QED) is 0.735. The van der Waals surface area contributed by atoms with Gasteiger partial charge in [0.1, 0.15) is 11.6 Å². The molecule has 1 saturated carbocycles. The van der Waals surface area contributed by atoms with Gasteiger partial charge in [0.15, 0.2) is 0 Å². The number of rotatable bonds is 4. The number of hydrogen-bond acceptors (Lipinski definition) is 3. The van der Waals surface area contributed by atoms with Crippen molar-refractivity contribution in [1.82, 2.24) is 5.32 Å². The van der Waals surface area contributed by atoms with Crippen LogP contribution in [0.4, 0.5) is 4.39 Å². The fraction of sp³-hybridized carbons (Fsp3) is 0.417. The Labute approximate surface area is 98.1 Å². The van der Waals surface area contributed by atoms with Crippen molar-refractivity contribution >= 4 is 5.91 Å². The highest BCUT2D eigenvalue weighted by Gasteiger charge is 2.29. The Kier molecular flexibility index (Phi) is 3.28. The minimum atomic E-state index is -0.775. The summed E-state index contributed by atoms with van der Waals surface area (Å²) in [6, 6.07) is 3.34. The van der Waals surface area contributed by atoms with E-state index in [4.69, 9.17) is 5.11 Å². The second-order valence-electron chi connectivity index (χ2n) is 4.28. The molecular weight excluding hydrogens is 225 g/mol. The first kappa shape index (κ1) is 11.9. The Hall–Kier alpha value is -1.62. The normalized spacial score (nSPS) is 16.6. The van der Waals surface area contributed by atoms with E-state index >= 15 is 0 Å². The van der Waals surface area contributed by atoms with Crippen LogP contribution in [-0.4, -0.2) is 28.8 Å². The summed E-state index contributed by atoms with van der Waals surface area (Å²) < 4.78 is 13.3. The molecule has 1 aliphatic carbocycles. The highest BCUT2D eigenvalue weighted by molar-refractivity contribution is 5.94. The Morgan fingerprint density at radius 2 is 2.24 bits per heavy atom. The van der Waals surface area contributed by atoms with Crippen molar-refractivity contribution < 1.29 is 19.4 Å². The lowest BCUT2D eigenvalue weighted by atomic mass is 10.1. The molecular formula is C12H14FNO3. The Balaban J connectivity index is 1.94. The monoisotopic (exact) mass is 239 g/mol. The van der Waals surface area contributed by atoms with E-state index in [-0.39, 0.29) is 23.8 Å². The third-order valence-corrected chi connectivity index (χ3v) is 2.84. The fourth-order valence-corrected chi connectivity index (χ4v) is 1.63. The topological polar surface area (TPSA) is 69.6 Å². The fourth-order valence-electron chi connectivity index (χ4n) is 1.63. The number of nitrogens with one attached hydrogen (secondary N) is 1. The van der Waals surface area contributed by atoms with Gasteiger partial charge in [0.25, 0.3) is 5.91 Å². The number of carbonyl (C=O) groups is 1. The van der Waals surface area contributed by atoms with Crippen molar-refractivity contribution in [1.29, 1.82) is 0 Å². The van der Waals surface area contributed by atoms with Crippen molar-refractivity contribution in [3.8, 4) is 5.75 Å². The van der Waals surface area contributed by atoms with E-state index in [1.807, 2.05) is 0 Å². The molecule has 0 heterocycles. The molecule has 5 heteroatoms. The van der Waals surface area contributed by atoms with Gasteiger partial charge in [0, 0.05) is 12.6 Å². The smallest absolute Gasteiger partial charge is 0.254 e. The van der Waals surface area contributed by atoms with Crippen LogP contribution in [-0.2, 0) is 0 Å². The summed E-state index contributed by atoms with van der Waals surface area (Å²) >= 11 is 0. The van der Waals surface area contributed by atoms with Crippen LogP contribution < -0.4 is 5.32 Å². The summed E-state index contributed by atoms with van der Waals surface area (Å²) in [5.41, 5.74) is -0.134. The minimum Gasteiger partial charge on any atom is -0.508 e. The van der Waals surface area contributed by atoms with Crippen LogP contribution in [0, 0.1) is 11.7 Å². The minimum absolute atomic E-state index is 0.129. The number of aliphatic hydroxyl groups excluding tert-OH is 1. The molecule has 0 bridgehead atoms. The molecule has 1 aromatic rings. The lowest BCUT2D eigenvalue weighted by Gasteiger charge is -2.11. The molecule has 0 spiro atoms. The Bertz CT molecular complexity index is 432. The number of benzene rings is 1. The van der Waals surface area contributed by atoms with Crippen molar-refractivity contribution in [2.75, 3.05) is 6.54 Å². The van der Waals surface area contributed by atoms with E-state index in [1.54, 1.807) is 0 Å². The van der Waals surface area contributed by atoms with Gasteiger partial charge in [0.2, 0.25) is 0 Å². The standard InChI is InChI=1S/C12H14FNO3/c13-10-5-8(15)3-4-9(10)12(17)14-6-11(16)7-1-2-7/h3-5,7,11,15-16H,1-2,6H2,(H,14,17). The third-order valence-electron chi connectivity index (χ3n) is 2.84. The van der Waals surface area contributed by atoms with Gasteiger partial charge in [-0.3, -0.25) is 4.79 Å². The Morgan fingerprint density at radius 3 is 2.82 bits per heavy atom. The third kappa shape index (κ3) is 2.94. The molecule has 1 aromatic carbocycles. The summed E-state index contributed by atoms with van der Waals surface area (Å²) in [7, 11) is 0. The lowest BCUT2D eigenvalue weighted by molar-refractivity contribution is 0.0897. The van der Waals surface area contributed by atoms with Crippen LogP contribution in [0.3, 0.4) is 0 Å². The lowest BCUT2D eigenvalue weighted by Crippen LogP contribution is -2.33. The number of phenolic OH excluding ortho intramolecular Hbond substituents is 1. The molecule has 17 heavy (non-hydrogen) atoms. The predicted molar refractivity (Wildman–Crippen MR) is 59.1 cm³/mol. The maximum atomic E-state index is 13.3. The first-order valence-electron chi connectivity index (χ1n) is 5.52. The first-order valence-corrected chi connectivity index (χ1v) is 5.52.